The molecule has 4 nitrogen and oxygen atoms in total. The van der Waals surface area contributed by atoms with Gasteiger partial charge in [0.15, 0.2) is 0 Å². The molecule has 2 N–H and O–H groups in total. The molecular weight excluding hydrogens is 330 g/mol. The van der Waals surface area contributed by atoms with Crippen molar-refractivity contribution >= 4 is 26.0 Å². The lowest BCUT2D eigenvalue weighted by Gasteiger charge is -2.28. The van der Waals surface area contributed by atoms with Crippen LogP contribution in [0.25, 0.3) is 0 Å². The van der Waals surface area contributed by atoms with Crippen LogP contribution in [0.1, 0.15) is 32.6 Å². The molecule has 0 heterocycles. The van der Waals surface area contributed by atoms with Crippen molar-refractivity contribution in [2.45, 2.75) is 43.6 Å². The van der Waals surface area contributed by atoms with Gasteiger partial charge in [-0.05, 0) is 43.4 Å². The van der Waals surface area contributed by atoms with E-state index in [9.17, 15) is 8.42 Å². The summed E-state index contributed by atoms with van der Waals surface area (Å²) in [6.45, 7) is 2.19. The first-order valence-corrected chi connectivity index (χ1v) is 8.69. The molecule has 0 spiro atoms. The standard InChI is InChI=1S/C13H18BrNO3S/c1-9-3-2-4-11(7-9)18-12-6-5-10(14)8-13(12)19(15,16)17/h5-6,8-9,11H,2-4,7H2,1H3,(H2,15,16,17). The molecule has 0 amide bonds. The molecular formula is C13H18BrNO3S. The number of primary sulfonamides is 1. The minimum atomic E-state index is -3.78. The summed E-state index contributed by atoms with van der Waals surface area (Å²) in [5.41, 5.74) is 0. The van der Waals surface area contributed by atoms with Crippen molar-refractivity contribution in [3.05, 3.63) is 22.7 Å². The predicted molar refractivity (Wildman–Crippen MR) is 77.6 cm³/mol. The third kappa shape index (κ3) is 3.94. The van der Waals surface area contributed by atoms with Gasteiger partial charge >= 0.3 is 0 Å². The van der Waals surface area contributed by atoms with Gasteiger partial charge in [0.1, 0.15) is 10.6 Å². The van der Waals surface area contributed by atoms with Crippen LogP contribution in [-0.4, -0.2) is 14.5 Å². The summed E-state index contributed by atoms with van der Waals surface area (Å²) in [5.74, 6) is 0.969. The Morgan fingerprint density at radius 2 is 2.11 bits per heavy atom. The zero-order chi connectivity index (χ0) is 14.0. The van der Waals surface area contributed by atoms with Crippen molar-refractivity contribution in [3.8, 4) is 5.75 Å². The number of ether oxygens (including phenoxy) is 1. The van der Waals surface area contributed by atoms with Gasteiger partial charge in [-0.15, -0.1) is 0 Å². The van der Waals surface area contributed by atoms with E-state index in [4.69, 9.17) is 9.88 Å². The normalized spacial score (nSPS) is 24.2. The van der Waals surface area contributed by atoms with Gasteiger partial charge in [0.05, 0.1) is 6.10 Å². The highest BCUT2D eigenvalue weighted by atomic mass is 79.9. The highest BCUT2D eigenvalue weighted by Gasteiger charge is 2.23. The first kappa shape index (κ1) is 14.8. The molecule has 2 unspecified atom stereocenters. The van der Waals surface area contributed by atoms with Crippen LogP contribution in [0.2, 0.25) is 0 Å². The number of sulfonamides is 1. The molecule has 19 heavy (non-hydrogen) atoms. The average Bonchev–Trinajstić information content (AvgIpc) is 2.30. The molecule has 6 heteroatoms. The van der Waals surface area contributed by atoms with Crippen LogP contribution in [0.5, 0.6) is 5.75 Å². The Labute approximate surface area is 122 Å². The molecule has 2 atom stereocenters. The van der Waals surface area contributed by atoms with Gasteiger partial charge < -0.3 is 4.74 Å². The van der Waals surface area contributed by atoms with Crippen molar-refractivity contribution in [1.29, 1.82) is 0 Å². The van der Waals surface area contributed by atoms with Crippen LogP contribution in [0.15, 0.2) is 27.6 Å². The Balaban J connectivity index is 2.25. The lowest BCUT2D eigenvalue weighted by atomic mass is 9.89. The number of nitrogens with two attached hydrogens (primary N) is 1. The van der Waals surface area contributed by atoms with E-state index >= 15 is 0 Å². The fraction of sp³-hybridized carbons (Fsp3) is 0.538. The highest BCUT2D eigenvalue weighted by molar-refractivity contribution is 9.10. The van der Waals surface area contributed by atoms with Crippen LogP contribution in [-0.2, 0) is 10.0 Å². The molecule has 2 rings (SSSR count). The highest BCUT2D eigenvalue weighted by Crippen LogP contribution is 2.31. The quantitative estimate of drug-likeness (QED) is 0.913. The first-order chi connectivity index (χ1) is 8.86. The van der Waals surface area contributed by atoms with Gasteiger partial charge in [-0.25, -0.2) is 13.6 Å². The zero-order valence-electron chi connectivity index (χ0n) is 10.8. The molecule has 1 aromatic rings. The Bertz CT molecular complexity index is 559. The predicted octanol–water partition coefficient (Wildman–Crippen LogP) is 3.05. The summed E-state index contributed by atoms with van der Waals surface area (Å²) in [4.78, 5) is 0.0418. The van der Waals surface area contributed by atoms with Gasteiger partial charge in [-0.3, -0.25) is 0 Å². The van der Waals surface area contributed by atoms with Crippen molar-refractivity contribution in [1.82, 2.24) is 0 Å². The molecule has 0 aliphatic heterocycles. The van der Waals surface area contributed by atoms with Crippen molar-refractivity contribution in [2.24, 2.45) is 11.1 Å². The molecule has 0 saturated heterocycles. The second-order valence-corrected chi connectivity index (χ2v) is 7.59. The number of hydrogen-bond acceptors (Lipinski definition) is 3. The van der Waals surface area contributed by atoms with E-state index in [1.807, 2.05) is 0 Å². The lowest BCUT2D eigenvalue weighted by Crippen LogP contribution is -2.25. The van der Waals surface area contributed by atoms with Crippen molar-refractivity contribution in [3.63, 3.8) is 0 Å². The summed E-state index contributed by atoms with van der Waals surface area (Å²) >= 11 is 3.25. The molecule has 1 aromatic carbocycles. The van der Waals surface area contributed by atoms with Crippen molar-refractivity contribution in [2.75, 3.05) is 0 Å². The van der Waals surface area contributed by atoms with E-state index in [1.165, 1.54) is 12.5 Å². The molecule has 106 valence electrons. The third-order valence-electron chi connectivity index (χ3n) is 3.39. The summed E-state index contributed by atoms with van der Waals surface area (Å²) in [5, 5.41) is 5.23. The van der Waals surface area contributed by atoms with E-state index in [0.717, 1.165) is 19.3 Å². The number of halogens is 1. The molecule has 1 fully saturated rings. The molecule has 0 radical (unpaired) electrons. The van der Waals surface area contributed by atoms with E-state index in [-0.39, 0.29) is 11.0 Å². The Morgan fingerprint density at radius 3 is 2.74 bits per heavy atom. The number of hydrogen-bond donors (Lipinski definition) is 1. The van der Waals surface area contributed by atoms with Gasteiger partial charge in [0, 0.05) is 4.47 Å². The summed E-state index contributed by atoms with van der Waals surface area (Å²) in [7, 11) is -3.78. The minimum absolute atomic E-state index is 0.0418. The molecule has 1 aliphatic carbocycles. The van der Waals surface area contributed by atoms with Crippen LogP contribution in [0, 0.1) is 5.92 Å². The van der Waals surface area contributed by atoms with E-state index in [2.05, 4.69) is 22.9 Å². The van der Waals surface area contributed by atoms with E-state index < -0.39 is 10.0 Å². The Hall–Kier alpha value is -0.590. The SMILES string of the molecule is CC1CCCC(Oc2ccc(Br)cc2S(N)(=O)=O)C1. The Morgan fingerprint density at radius 1 is 1.37 bits per heavy atom. The molecule has 1 saturated carbocycles. The lowest BCUT2D eigenvalue weighted by molar-refractivity contribution is 0.126. The van der Waals surface area contributed by atoms with Gasteiger partial charge in [0.2, 0.25) is 10.0 Å². The number of benzene rings is 1. The molecule has 0 bridgehead atoms. The minimum Gasteiger partial charge on any atom is -0.489 e. The maximum absolute atomic E-state index is 11.6. The topological polar surface area (TPSA) is 69.4 Å². The maximum atomic E-state index is 11.6. The third-order valence-corrected chi connectivity index (χ3v) is 4.82. The summed E-state index contributed by atoms with van der Waals surface area (Å²) < 4.78 is 29.7. The second kappa shape index (κ2) is 5.81. The monoisotopic (exact) mass is 347 g/mol. The first-order valence-electron chi connectivity index (χ1n) is 6.35. The smallest absolute Gasteiger partial charge is 0.241 e. The van der Waals surface area contributed by atoms with Gasteiger partial charge in [-0.2, -0.15) is 0 Å². The zero-order valence-corrected chi connectivity index (χ0v) is 13.2. The van der Waals surface area contributed by atoms with Gasteiger partial charge in [0.25, 0.3) is 0 Å². The van der Waals surface area contributed by atoms with Crippen LogP contribution in [0.4, 0.5) is 0 Å². The fourth-order valence-corrected chi connectivity index (χ4v) is 3.67. The summed E-state index contributed by atoms with van der Waals surface area (Å²) in [6.07, 6.45) is 4.32. The Kier molecular flexibility index (Phi) is 4.53. The fourth-order valence-electron chi connectivity index (χ4n) is 2.47. The van der Waals surface area contributed by atoms with Gasteiger partial charge in [-0.1, -0.05) is 29.3 Å². The number of rotatable bonds is 3. The van der Waals surface area contributed by atoms with E-state index in [0.29, 0.717) is 16.1 Å². The molecule has 1 aliphatic rings. The second-order valence-electron chi connectivity index (χ2n) is 5.15. The van der Waals surface area contributed by atoms with Crippen molar-refractivity contribution < 1.29 is 13.2 Å². The molecule has 0 aromatic heterocycles. The summed E-state index contributed by atoms with van der Waals surface area (Å²) in [6, 6.07) is 4.90. The van der Waals surface area contributed by atoms with Crippen LogP contribution >= 0.6 is 15.9 Å². The van der Waals surface area contributed by atoms with Crippen LogP contribution < -0.4 is 9.88 Å². The maximum Gasteiger partial charge on any atom is 0.241 e. The van der Waals surface area contributed by atoms with Crippen LogP contribution in [0.3, 0.4) is 0 Å². The largest absolute Gasteiger partial charge is 0.489 e. The van der Waals surface area contributed by atoms with E-state index in [1.54, 1.807) is 12.1 Å². The average molecular weight is 348 g/mol.